The van der Waals surface area contributed by atoms with Gasteiger partial charge >= 0.3 is 12.2 Å². The first kappa shape index (κ1) is 29.6. The molecule has 0 saturated heterocycles. The molecule has 1 aliphatic carbocycles. The molecule has 8 heteroatoms. The van der Waals surface area contributed by atoms with E-state index in [-0.39, 0.29) is 24.8 Å². The highest BCUT2D eigenvalue weighted by molar-refractivity contribution is 5.86. The Morgan fingerprint density at radius 3 is 1.93 bits per heavy atom. The summed E-state index contributed by atoms with van der Waals surface area (Å²) in [5, 5.41) is 16.0. The molecule has 0 heterocycles. The van der Waals surface area contributed by atoms with E-state index in [1.807, 2.05) is 66.7 Å². The summed E-state index contributed by atoms with van der Waals surface area (Å²) in [5.74, 6) is -0.514. The van der Waals surface area contributed by atoms with Gasteiger partial charge in [-0.15, -0.1) is 0 Å². The van der Waals surface area contributed by atoms with Crippen LogP contribution in [0.5, 0.6) is 0 Å². The summed E-state index contributed by atoms with van der Waals surface area (Å²) >= 11 is 0. The zero-order chi connectivity index (χ0) is 29.4. The highest BCUT2D eigenvalue weighted by Gasteiger charge is 2.36. The SMILES string of the molecule is CC(C)(C)OC(=O)NCCCCNC(=O)[C@H](Cc1ccccc1)N(CC1c2ccccc2-c2ccccc21)C(=O)O. The average molecular weight is 558 g/mol. The fourth-order valence-electron chi connectivity index (χ4n) is 5.26. The van der Waals surface area contributed by atoms with Gasteiger partial charge in [0.2, 0.25) is 5.91 Å². The van der Waals surface area contributed by atoms with E-state index in [0.717, 1.165) is 27.8 Å². The number of hydrogen-bond acceptors (Lipinski definition) is 4. The van der Waals surface area contributed by atoms with Gasteiger partial charge in [-0.3, -0.25) is 9.69 Å². The minimum absolute atomic E-state index is 0.161. The van der Waals surface area contributed by atoms with Crippen LogP contribution in [0.15, 0.2) is 78.9 Å². The molecule has 0 spiro atoms. The molecule has 0 aliphatic heterocycles. The minimum atomic E-state index is -1.13. The van der Waals surface area contributed by atoms with Gasteiger partial charge in [-0.25, -0.2) is 9.59 Å². The highest BCUT2D eigenvalue weighted by atomic mass is 16.6. The molecule has 8 nitrogen and oxygen atoms in total. The number of hydrogen-bond donors (Lipinski definition) is 3. The number of rotatable bonds is 11. The molecule has 1 atom stereocenters. The molecule has 3 amide bonds. The van der Waals surface area contributed by atoms with Gasteiger partial charge in [0.25, 0.3) is 0 Å². The largest absolute Gasteiger partial charge is 0.465 e. The predicted octanol–water partition coefficient (Wildman–Crippen LogP) is 5.81. The number of alkyl carbamates (subject to hydrolysis) is 1. The van der Waals surface area contributed by atoms with Crippen LogP contribution in [-0.4, -0.2) is 59.4 Å². The molecule has 0 fully saturated rings. The molecule has 41 heavy (non-hydrogen) atoms. The Hall–Kier alpha value is -4.33. The molecule has 1 aliphatic rings. The Kier molecular flexibility index (Phi) is 9.65. The summed E-state index contributed by atoms with van der Waals surface area (Å²) < 4.78 is 5.24. The number of fused-ring (bicyclic) bond motifs is 3. The van der Waals surface area contributed by atoms with E-state index in [1.165, 1.54) is 4.90 Å². The number of carbonyl (C=O) groups is 3. The third kappa shape index (κ3) is 7.87. The lowest BCUT2D eigenvalue weighted by Crippen LogP contribution is -2.51. The molecule has 3 aromatic carbocycles. The van der Waals surface area contributed by atoms with Crippen molar-refractivity contribution >= 4 is 18.1 Å². The van der Waals surface area contributed by atoms with Crippen LogP contribution in [0, 0.1) is 0 Å². The van der Waals surface area contributed by atoms with Crippen LogP contribution in [0.25, 0.3) is 11.1 Å². The molecule has 0 bridgehead atoms. The van der Waals surface area contributed by atoms with Gasteiger partial charge in [-0.2, -0.15) is 0 Å². The van der Waals surface area contributed by atoms with Gasteiger partial charge in [-0.1, -0.05) is 78.9 Å². The normalized spacial score (nSPS) is 13.0. The molecular formula is C33H39N3O5. The van der Waals surface area contributed by atoms with Gasteiger partial charge in [0.15, 0.2) is 0 Å². The van der Waals surface area contributed by atoms with E-state index >= 15 is 0 Å². The maximum atomic E-state index is 13.6. The third-order valence-electron chi connectivity index (χ3n) is 7.11. The fraction of sp³-hybridized carbons (Fsp3) is 0.364. The molecular weight excluding hydrogens is 518 g/mol. The first-order valence-corrected chi connectivity index (χ1v) is 14.1. The maximum absolute atomic E-state index is 13.6. The highest BCUT2D eigenvalue weighted by Crippen LogP contribution is 2.45. The molecule has 0 unspecified atom stereocenters. The van der Waals surface area contributed by atoms with Gasteiger partial charge in [0.1, 0.15) is 11.6 Å². The summed E-state index contributed by atoms with van der Waals surface area (Å²) in [7, 11) is 0. The van der Waals surface area contributed by atoms with E-state index in [0.29, 0.717) is 25.9 Å². The maximum Gasteiger partial charge on any atom is 0.408 e. The van der Waals surface area contributed by atoms with E-state index in [2.05, 4.69) is 22.8 Å². The quantitative estimate of drug-likeness (QED) is 0.258. The lowest BCUT2D eigenvalue weighted by molar-refractivity contribution is -0.126. The molecule has 0 aromatic heterocycles. The lowest BCUT2D eigenvalue weighted by Gasteiger charge is -2.31. The molecule has 3 aromatic rings. The van der Waals surface area contributed by atoms with Gasteiger partial charge in [0.05, 0.1) is 0 Å². The van der Waals surface area contributed by atoms with E-state index in [4.69, 9.17) is 4.74 Å². The van der Waals surface area contributed by atoms with Gasteiger partial charge in [0, 0.05) is 32.0 Å². The number of nitrogens with zero attached hydrogens (tertiary/aromatic N) is 1. The summed E-state index contributed by atoms with van der Waals surface area (Å²) in [6.07, 6.45) is -0.0898. The molecule has 3 N–H and O–H groups in total. The summed E-state index contributed by atoms with van der Waals surface area (Å²) in [5.41, 5.74) is 4.65. The van der Waals surface area contributed by atoms with Crippen molar-refractivity contribution in [2.45, 2.75) is 57.6 Å². The molecule has 216 valence electrons. The van der Waals surface area contributed by atoms with E-state index in [1.54, 1.807) is 20.8 Å². The van der Waals surface area contributed by atoms with Crippen molar-refractivity contribution in [1.82, 2.24) is 15.5 Å². The Bertz CT molecular complexity index is 1310. The molecule has 4 rings (SSSR count). The van der Waals surface area contributed by atoms with Crippen molar-refractivity contribution in [1.29, 1.82) is 0 Å². The summed E-state index contributed by atoms with van der Waals surface area (Å²) in [6, 6.07) is 24.7. The Balaban J connectivity index is 1.45. The van der Waals surface area contributed by atoms with Crippen molar-refractivity contribution in [3.05, 3.63) is 95.6 Å². The Morgan fingerprint density at radius 1 is 0.829 bits per heavy atom. The second-order valence-electron chi connectivity index (χ2n) is 11.3. The summed E-state index contributed by atoms with van der Waals surface area (Å²) in [6.45, 7) is 6.35. The number of unbranched alkanes of at least 4 members (excludes halogenated alkanes) is 1. The summed E-state index contributed by atoms with van der Waals surface area (Å²) in [4.78, 5) is 39.4. The van der Waals surface area contributed by atoms with Crippen LogP contribution >= 0.6 is 0 Å². The zero-order valence-corrected chi connectivity index (χ0v) is 23.9. The standard InChI is InChI=1S/C33H39N3O5/c1-33(2,3)41-31(38)35-20-12-11-19-34-30(37)29(21-23-13-5-4-6-14-23)36(32(39)40)22-28-26-17-9-7-15-24(26)25-16-8-10-18-27(25)28/h4-10,13-18,28-29H,11-12,19-22H2,1-3H3,(H,34,37)(H,35,38)(H,39,40)/t29-/m0/s1. The first-order valence-electron chi connectivity index (χ1n) is 14.1. The van der Waals surface area contributed by atoms with E-state index in [9.17, 15) is 19.5 Å². The second-order valence-corrected chi connectivity index (χ2v) is 11.3. The predicted molar refractivity (Wildman–Crippen MR) is 159 cm³/mol. The van der Waals surface area contributed by atoms with Gasteiger partial charge in [-0.05, 0) is 61.4 Å². The Morgan fingerprint density at radius 2 is 1.37 bits per heavy atom. The number of benzene rings is 3. The van der Waals surface area contributed by atoms with Crippen molar-refractivity contribution in [3.8, 4) is 11.1 Å². The monoisotopic (exact) mass is 557 g/mol. The number of carbonyl (C=O) groups excluding carboxylic acids is 2. The zero-order valence-electron chi connectivity index (χ0n) is 23.9. The van der Waals surface area contributed by atoms with Crippen LogP contribution in [0.2, 0.25) is 0 Å². The van der Waals surface area contributed by atoms with Crippen molar-refractivity contribution in [2.24, 2.45) is 0 Å². The van der Waals surface area contributed by atoms with Crippen LogP contribution in [0.1, 0.15) is 56.2 Å². The van der Waals surface area contributed by atoms with Crippen molar-refractivity contribution in [3.63, 3.8) is 0 Å². The van der Waals surface area contributed by atoms with Crippen LogP contribution in [0.3, 0.4) is 0 Å². The van der Waals surface area contributed by atoms with Gasteiger partial charge < -0.3 is 20.5 Å². The number of carboxylic acid groups (broad SMARTS) is 1. The second kappa shape index (κ2) is 13.4. The lowest BCUT2D eigenvalue weighted by atomic mass is 9.95. The number of nitrogens with one attached hydrogen (secondary N) is 2. The van der Waals surface area contributed by atoms with Crippen molar-refractivity contribution < 1.29 is 24.2 Å². The molecule has 0 radical (unpaired) electrons. The third-order valence-corrected chi connectivity index (χ3v) is 7.11. The number of amides is 3. The fourth-order valence-corrected chi connectivity index (χ4v) is 5.26. The molecule has 0 saturated carbocycles. The topological polar surface area (TPSA) is 108 Å². The minimum Gasteiger partial charge on any atom is -0.465 e. The first-order chi connectivity index (χ1) is 19.6. The number of ether oxygens (including phenoxy) is 1. The van der Waals surface area contributed by atoms with E-state index < -0.39 is 23.8 Å². The van der Waals surface area contributed by atoms with Crippen LogP contribution in [0.4, 0.5) is 9.59 Å². The van der Waals surface area contributed by atoms with Crippen LogP contribution in [-0.2, 0) is 16.0 Å². The van der Waals surface area contributed by atoms with Crippen molar-refractivity contribution in [2.75, 3.05) is 19.6 Å². The Labute approximate surface area is 241 Å². The average Bonchev–Trinajstić information content (AvgIpc) is 3.25. The van der Waals surface area contributed by atoms with Crippen LogP contribution < -0.4 is 10.6 Å². The smallest absolute Gasteiger partial charge is 0.408 e.